The van der Waals surface area contributed by atoms with Crippen LogP contribution in [0.3, 0.4) is 0 Å². The maximum atomic E-state index is 13.7. The summed E-state index contributed by atoms with van der Waals surface area (Å²) in [5.41, 5.74) is 3.37. The first kappa shape index (κ1) is 20.9. The maximum Gasteiger partial charge on any atom is 0.256 e. The van der Waals surface area contributed by atoms with Crippen molar-refractivity contribution < 1.29 is 14.3 Å². The average molecular weight is 418 g/mol. The van der Waals surface area contributed by atoms with Gasteiger partial charge in [0.2, 0.25) is 5.91 Å². The number of methoxy groups -OCH3 is 1. The number of benzene rings is 2. The molecule has 1 fully saturated rings. The van der Waals surface area contributed by atoms with Gasteiger partial charge in [-0.15, -0.1) is 0 Å². The molecule has 1 aliphatic heterocycles. The molecule has 2 amide bonds. The van der Waals surface area contributed by atoms with Gasteiger partial charge in [-0.05, 0) is 55.5 Å². The number of aryl methyl sites for hydroxylation is 2. The molecule has 0 spiro atoms. The summed E-state index contributed by atoms with van der Waals surface area (Å²) < 4.78 is 5.39. The highest BCUT2D eigenvalue weighted by molar-refractivity contribution is 6.07. The zero-order valence-corrected chi connectivity index (χ0v) is 18.2. The van der Waals surface area contributed by atoms with Gasteiger partial charge >= 0.3 is 0 Å². The van der Waals surface area contributed by atoms with Crippen molar-refractivity contribution in [2.24, 2.45) is 0 Å². The molecule has 6 heteroatoms. The smallest absolute Gasteiger partial charge is 0.256 e. The van der Waals surface area contributed by atoms with Gasteiger partial charge in [-0.1, -0.05) is 31.4 Å². The van der Waals surface area contributed by atoms with Gasteiger partial charge in [0.15, 0.2) is 0 Å². The molecule has 1 heterocycles. The second-order valence-corrected chi connectivity index (χ2v) is 8.52. The van der Waals surface area contributed by atoms with Crippen LogP contribution in [-0.2, 0) is 11.3 Å². The molecule has 0 radical (unpaired) electrons. The quantitative estimate of drug-likeness (QED) is 0.795. The third-order valence-corrected chi connectivity index (χ3v) is 6.73. The van der Waals surface area contributed by atoms with E-state index in [1.165, 1.54) is 0 Å². The number of nitriles is 1. The third-order valence-electron chi connectivity index (χ3n) is 6.73. The van der Waals surface area contributed by atoms with Gasteiger partial charge in [0.05, 0.1) is 24.3 Å². The normalized spacial score (nSPS) is 17.1. The minimum absolute atomic E-state index is 0.171. The van der Waals surface area contributed by atoms with Crippen LogP contribution in [0.1, 0.15) is 64.7 Å². The molecule has 0 unspecified atom stereocenters. The van der Waals surface area contributed by atoms with E-state index in [-0.39, 0.29) is 11.8 Å². The zero-order valence-electron chi connectivity index (χ0n) is 18.2. The van der Waals surface area contributed by atoms with E-state index in [4.69, 9.17) is 4.74 Å². The number of rotatable bonds is 4. The van der Waals surface area contributed by atoms with Gasteiger partial charge in [0.25, 0.3) is 5.91 Å². The summed E-state index contributed by atoms with van der Waals surface area (Å²) in [5, 5.41) is 12.6. The number of nitrogens with zero attached hydrogens (tertiary/aromatic N) is 2. The number of fused-ring (bicyclic) bond motifs is 1. The lowest BCUT2D eigenvalue weighted by molar-refractivity contribution is -0.129. The van der Waals surface area contributed by atoms with Crippen molar-refractivity contribution >= 4 is 17.5 Å². The van der Waals surface area contributed by atoms with Crippen molar-refractivity contribution in [2.45, 2.75) is 58.0 Å². The highest BCUT2D eigenvalue weighted by Crippen LogP contribution is 2.41. The Labute approximate surface area is 182 Å². The van der Waals surface area contributed by atoms with Gasteiger partial charge < -0.3 is 15.0 Å². The summed E-state index contributed by atoms with van der Waals surface area (Å²) in [4.78, 5) is 28.9. The standard InChI is InChI=1S/C25H27N3O3/c1-16-7-9-18(14-26)22-20(16)15-28(23(22)29)25(11-5-4-6-12-25)24(30)27-19-10-8-17(2)21(13-19)31-3/h7-10,13H,4-6,11-12,15H2,1-3H3,(H,27,30). The molecule has 0 saturated heterocycles. The van der Waals surface area contributed by atoms with E-state index in [0.29, 0.717) is 42.0 Å². The van der Waals surface area contributed by atoms with Crippen LogP contribution in [0, 0.1) is 25.2 Å². The number of nitrogens with one attached hydrogen (secondary N) is 1. The lowest BCUT2D eigenvalue weighted by atomic mass is 9.79. The van der Waals surface area contributed by atoms with Gasteiger partial charge in [-0.25, -0.2) is 0 Å². The summed E-state index contributed by atoms with van der Waals surface area (Å²) in [6.45, 7) is 4.26. The third kappa shape index (κ3) is 3.44. The molecule has 2 aromatic rings. The molecule has 31 heavy (non-hydrogen) atoms. The lowest BCUT2D eigenvalue weighted by Gasteiger charge is -2.43. The Morgan fingerprint density at radius 3 is 2.52 bits per heavy atom. The molecular formula is C25H27N3O3. The summed E-state index contributed by atoms with van der Waals surface area (Å²) in [6, 6.07) is 11.3. The fourth-order valence-corrected chi connectivity index (χ4v) is 4.91. The Kier molecular flexibility index (Phi) is 5.45. The zero-order chi connectivity index (χ0) is 22.2. The molecule has 1 N–H and O–H groups in total. The van der Waals surface area contributed by atoms with Crippen molar-refractivity contribution in [1.82, 2.24) is 4.90 Å². The number of hydrogen-bond acceptors (Lipinski definition) is 4. The van der Waals surface area contributed by atoms with Crippen LogP contribution in [0.2, 0.25) is 0 Å². The molecule has 2 aliphatic rings. The summed E-state index contributed by atoms with van der Waals surface area (Å²) >= 11 is 0. The SMILES string of the molecule is COc1cc(NC(=O)C2(N3Cc4c(C)ccc(C#N)c4C3=O)CCCCC2)ccc1C. The van der Waals surface area contributed by atoms with E-state index in [0.717, 1.165) is 36.0 Å². The molecule has 0 bridgehead atoms. The number of hydrogen-bond donors (Lipinski definition) is 1. The van der Waals surface area contributed by atoms with Crippen LogP contribution >= 0.6 is 0 Å². The topological polar surface area (TPSA) is 82.4 Å². The van der Waals surface area contributed by atoms with Crippen LogP contribution in [0.4, 0.5) is 5.69 Å². The molecule has 1 aliphatic carbocycles. The van der Waals surface area contributed by atoms with Gasteiger partial charge in [-0.3, -0.25) is 9.59 Å². The molecule has 160 valence electrons. The number of amides is 2. The molecule has 6 nitrogen and oxygen atoms in total. The van der Waals surface area contributed by atoms with Gasteiger partial charge in [0.1, 0.15) is 11.3 Å². The first-order valence-corrected chi connectivity index (χ1v) is 10.7. The van der Waals surface area contributed by atoms with Crippen molar-refractivity contribution in [1.29, 1.82) is 5.26 Å². The largest absolute Gasteiger partial charge is 0.496 e. The van der Waals surface area contributed by atoms with Gasteiger partial charge in [0, 0.05) is 18.3 Å². The number of anilines is 1. The Bertz CT molecular complexity index is 1090. The second-order valence-electron chi connectivity index (χ2n) is 8.52. The molecule has 2 aromatic carbocycles. The van der Waals surface area contributed by atoms with Crippen LogP contribution in [0.25, 0.3) is 0 Å². The minimum atomic E-state index is -0.925. The van der Waals surface area contributed by atoms with E-state index < -0.39 is 5.54 Å². The van der Waals surface area contributed by atoms with Gasteiger partial charge in [-0.2, -0.15) is 5.26 Å². The van der Waals surface area contributed by atoms with Crippen LogP contribution in [0.5, 0.6) is 5.75 Å². The van der Waals surface area contributed by atoms with E-state index in [1.54, 1.807) is 18.1 Å². The minimum Gasteiger partial charge on any atom is -0.496 e. The van der Waals surface area contributed by atoms with E-state index >= 15 is 0 Å². The number of ether oxygens (including phenoxy) is 1. The fourth-order valence-electron chi connectivity index (χ4n) is 4.91. The Hall–Kier alpha value is -3.33. The first-order valence-electron chi connectivity index (χ1n) is 10.7. The second kappa shape index (κ2) is 8.07. The Morgan fingerprint density at radius 1 is 1.13 bits per heavy atom. The van der Waals surface area contributed by atoms with E-state index in [1.807, 2.05) is 38.1 Å². The van der Waals surface area contributed by atoms with E-state index in [9.17, 15) is 14.9 Å². The van der Waals surface area contributed by atoms with E-state index in [2.05, 4.69) is 11.4 Å². The number of carbonyl (C=O) groups is 2. The summed E-state index contributed by atoms with van der Waals surface area (Å²) in [7, 11) is 1.60. The monoisotopic (exact) mass is 417 g/mol. The molecule has 0 aromatic heterocycles. The van der Waals surface area contributed by atoms with Crippen molar-refractivity contribution in [3.8, 4) is 11.8 Å². The Balaban J connectivity index is 1.71. The summed E-state index contributed by atoms with van der Waals surface area (Å²) in [5.74, 6) is 0.318. The molecule has 4 rings (SSSR count). The first-order chi connectivity index (χ1) is 14.9. The Morgan fingerprint density at radius 2 is 1.84 bits per heavy atom. The lowest BCUT2D eigenvalue weighted by Crippen LogP contribution is -2.58. The highest BCUT2D eigenvalue weighted by atomic mass is 16.5. The maximum absolute atomic E-state index is 13.7. The average Bonchev–Trinajstić information content (AvgIpc) is 3.14. The number of carbonyl (C=O) groups excluding carboxylic acids is 2. The fraction of sp³-hybridized carbons (Fsp3) is 0.400. The molecular weight excluding hydrogens is 390 g/mol. The van der Waals surface area contributed by atoms with Crippen molar-refractivity contribution in [2.75, 3.05) is 12.4 Å². The molecule has 0 atom stereocenters. The predicted molar refractivity (Wildman–Crippen MR) is 118 cm³/mol. The van der Waals surface area contributed by atoms with Crippen LogP contribution in [-0.4, -0.2) is 29.4 Å². The van der Waals surface area contributed by atoms with Crippen LogP contribution < -0.4 is 10.1 Å². The van der Waals surface area contributed by atoms with Crippen molar-refractivity contribution in [3.63, 3.8) is 0 Å². The predicted octanol–water partition coefficient (Wildman–Crippen LogP) is 4.48. The molecule has 1 saturated carbocycles. The highest BCUT2D eigenvalue weighted by Gasteiger charge is 2.50. The summed E-state index contributed by atoms with van der Waals surface area (Å²) in [6.07, 6.45) is 4.04. The van der Waals surface area contributed by atoms with Crippen molar-refractivity contribution in [3.05, 3.63) is 58.1 Å². The van der Waals surface area contributed by atoms with Crippen LogP contribution in [0.15, 0.2) is 30.3 Å².